The lowest BCUT2D eigenvalue weighted by molar-refractivity contribution is -0.129. The van der Waals surface area contributed by atoms with E-state index < -0.39 is 17.3 Å². The van der Waals surface area contributed by atoms with E-state index in [1.807, 2.05) is 13.0 Å². The number of aromatic nitrogens is 1. The van der Waals surface area contributed by atoms with Crippen molar-refractivity contribution in [3.05, 3.63) is 63.9 Å². The molecule has 0 saturated heterocycles. The van der Waals surface area contributed by atoms with Gasteiger partial charge in [-0.2, -0.15) is 0 Å². The van der Waals surface area contributed by atoms with Crippen LogP contribution >= 0.6 is 11.6 Å². The maximum Gasteiger partial charge on any atom is 0.236 e. The number of fused-ring (bicyclic) bond motifs is 4. The predicted octanol–water partition coefficient (Wildman–Crippen LogP) is 4.70. The Morgan fingerprint density at radius 2 is 1.94 bits per heavy atom. The van der Waals surface area contributed by atoms with Gasteiger partial charge in [0.1, 0.15) is 22.1 Å². The molecule has 0 fully saturated rings. The molecule has 2 unspecified atom stereocenters. The van der Waals surface area contributed by atoms with Gasteiger partial charge in [-0.05, 0) is 24.5 Å². The Hall–Kier alpha value is -3.45. The minimum atomic E-state index is -1.66. The van der Waals surface area contributed by atoms with Gasteiger partial charge >= 0.3 is 0 Å². The Labute approximate surface area is 207 Å². The number of para-hydroxylation sites is 1. The first-order chi connectivity index (χ1) is 16.9. The number of ether oxygens (including phenoxy) is 3. The molecule has 35 heavy (non-hydrogen) atoms. The molecular weight excluding hydrogens is 468 g/mol. The molecule has 0 bridgehead atoms. The standard InChI is InChI=1S/C27H25ClN2O5/c1-14-10-15(30-9-8-17-16-6-4-5-7-18(16)29-19(17)13-30)11-22(31)27(14)26(32)23-20(33-2)12-21(34-3)24(28)25(23)35-27/h4-7,11-12,14,29H,8-10,13H2,1-3H3. The van der Waals surface area contributed by atoms with E-state index in [1.165, 1.54) is 30.9 Å². The van der Waals surface area contributed by atoms with Crippen LogP contribution in [0.3, 0.4) is 0 Å². The molecule has 2 atom stereocenters. The molecule has 2 aromatic carbocycles. The molecule has 1 aromatic heterocycles. The maximum absolute atomic E-state index is 13.7. The second kappa shape index (κ2) is 7.78. The van der Waals surface area contributed by atoms with Crippen molar-refractivity contribution in [1.82, 2.24) is 9.88 Å². The van der Waals surface area contributed by atoms with Crippen molar-refractivity contribution in [3.63, 3.8) is 0 Å². The average Bonchev–Trinajstić information content (AvgIpc) is 3.39. The number of hydrogen-bond acceptors (Lipinski definition) is 6. The van der Waals surface area contributed by atoms with E-state index in [-0.39, 0.29) is 27.9 Å². The molecule has 2 aliphatic heterocycles. The van der Waals surface area contributed by atoms with Crippen LogP contribution in [0, 0.1) is 5.92 Å². The normalized spacial score (nSPS) is 23.3. The van der Waals surface area contributed by atoms with E-state index in [1.54, 1.807) is 12.1 Å². The first-order valence-electron chi connectivity index (χ1n) is 11.7. The molecule has 180 valence electrons. The monoisotopic (exact) mass is 492 g/mol. The SMILES string of the molecule is COc1cc(OC)c2c(c1Cl)OC1(C(=O)C=C(N3CCc4c([nH]c5ccccc45)C3)CC1C)C2=O. The van der Waals surface area contributed by atoms with E-state index in [4.69, 9.17) is 25.8 Å². The fourth-order valence-electron chi connectivity index (χ4n) is 5.76. The van der Waals surface area contributed by atoms with Crippen LogP contribution in [0.15, 0.2) is 42.1 Å². The number of allylic oxidation sites excluding steroid dienone is 1. The third-order valence-electron chi connectivity index (χ3n) is 7.58. The van der Waals surface area contributed by atoms with Gasteiger partial charge in [0.2, 0.25) is 17.2 Å². The lowest BCUT2D eigenvalue weighted by Crippen LogP contribution is -2.55. The number of nitrogens with zero attached hydrogens (tertiary/aromatic N) is 1. The smallest absolute Gasteiger partial charge is 0.236 e. The quantitative estimate of drug-likeness (QED) is 0.534. The fourth-order valence-corrected chi connectivity index (χ4v) is 6.03. The van der Waals surface area contributed by atoms with Crippen LogP contribution in [0.25, 0.3) is 10.9 Å². The molecule has 0 radical (unpaired) electrons. The summed E-state index contributed by atoms with van der Waals surface area (Å²) in [6.45, 7) is 3.37. The van der Waals surface area contributed by atoms with Gasteiger partial charge in [-0.25, -0.2) is 0 Å². The summed E-state index contributed by atoms with van der Waals surface area (Å²) in [5, 5.41) is 1.41. The van der Waals surface area contributed by atoms with Crippen LogP contribution < -0.4 is 14.2 Å². The third kappa shape index (κ3) is 2.97. The lowest BCUT2D eigenvalue weighted by atomic mass is 9.74. The minimum Gasteiger partial charge on any atom is -0.496 e. The molecule has 6 rings (SSSR count). The number of benzene rings is 2. The minimum absolute atomic E-state index is 0.144. The maximum atomic E-state index is 13.7. The van der Waals surface area contributed by atoms with Crippen molar-refractivity contribution >= 4 is 34.1 Å². The van der Waals surface area contributed by atoms with Gasteiger partial charge in [0.25, 0.3) is 0 Å². The van der Waals surface area contributed by atoms with Crippen molar-refractivity contribution in [2.45, 2.75) is 31.9 Å². The van der Waals surface area contributed by atoms with Crippen LogP contribution in [0.5, 0.6) is 17.2 Å². The number of aromatic amines is 1. The van der Waals surface area contributed by atoms with Gasteiger partial charge < -0.3 is 24.1 Å². The Morgan fingerprint density at radius 1 is 1.17 bits per heavy atom. The number of ketones is 2. The highest BCUT2D eigenvalue weighted by molar-refractivity contribution is 6.36. The molecule has 1 N–H and O–H groups in total. The van der Waals surface area contributed by atoms with Gasteiger partial charge in [-0.1, -0.05) is 36.7 Å². The van der Waals surface area contributed by atoms with Crippen LogP contribution in [-0.2, 0) is 17.8 Å². The summed E-state index contributed by atoms with van der Waals surface area (Å²) in [6, 6.07) is 9.86. The number of nitrogens with one attached hydrogen (secondary N) is 1. The van der Waals surface area contributed by atoms with Gasteiger partial charge in [-0.3, -0.25) is 9.59 Å². The third-order valence-corrected chi connectivity index (χ3v) is 7.94. The second-order valence-corrected chi connectivity index (χ2v) is 9.75. The van der Waals surface area contributed by atoms with Gasteiger partial charge in [0, 0.05) is 46.9 Å². The van der Waals surface area contributed by atoms with Crippen molar-refractivity contribution in [1.29, 1.82) is 0 Å². The summed E-state index contributed by atoms with van der Waals surface area (Å²) in [4.78, 5) is 33.1. The number of carbonyl (C=O) groups excluding carboxylic acids is 2. The highest BCUT2D eigenvalue weighted by Gasteiger charge is 2.60. The van der Waals surface area contributed by atoms with Crippen molar-refractivity contribution < 1.29 is 23.8 Å². The van der Waals surface area contributed by atoms with E-state index in [2.05, 4.69) is 28.1 Å². The number of Topliss-reactive ketones (excluding diaryl/α,β-unsaturated/α-hetero) is 1. The highest BCUT2D eigenvalue weighted by Crippen LogP contribution is 2.53. The van der Waals surface area contributed by atoms with Gasteiger partial charge in [0.05, 0.1) is 20.8 Å². The Kier molecular flexibility index (Phi) is 4.90. The molecular formula is C27H25ClN2O5. The van der Waals surface area contributed by atoms with Crippen molar-refractivity contribution in [2.24, 2.45) is 5.92 Å². The van der Waals surface area contributed by atoms with E-state index in [9.17, 15) is 9.59 Å². The summed E-state index contributed by atoms with van der Waals surface area (Å²) in [5.74, 6) is -0.441. The zero-order valence-corrected chi connectivity index (χ0v) is 20.5. The lowest BCUT2D eigenvalue weighted by Gasteiger charge is -2.39. The average molecular weight is 493 g/mol. The number of hydrogen-bond donors (Lipinski definition) is 1. The Morgan fingerprint density at radius 3 is 2.69 bits per heavy atom. The van der Waals surface area contributed by atoms with E-state index in [0.717, 1.165) is 24.2 Å². The summed E-state index contributed by atoms with van der Waals surface area (Å²) in [5.41, 5.74) is 3.09. The van der Waals surface area contributed by atoms with E-state index >= 15 is 0 Å². The molecule has 3 heterocycles. The number of methoxy groups -OCH3 is 2. The van der Waals surface area contributed by atoms with Gasteiger partial charge in [0.15, 0.2) is 5.75 Å². The highest BCUT2D eigenvalue weighted by atomic mass is 35.5. The molecule has 1 aliphatic carbocycles. The van der Waals surface area contributed by atoms with E-state index in [0.29, 0.717) is 18.7 Å². The molecule has 7 nitrogen and oxygen atoms in total. The zero-order valence-electron chi connectivity index (χ0n) is 19.7. The van der Waals surface area contributed by atoms with Crippen molar-refractivity contribution in [3.8, 4) is 17.2 Å². The Balaban J connectivity index is 1.34. The predicted molar refractivity (Wildman–Crippen MR) is 132 cm³/mol. The molecule has 3 aliphatic rings. The number of halogens is 1. The molecule has 0 amide bonds. The first-order valence-corrected chi connectivity index (χ1v) is 12.0. The topological polar surface area (TPSA) is 80.9 Å². The molecule has 3 aromatic rings. The van der Waals surface area contributed by atoms with Crippen LogP contribution in [0.2, 0.25) is 5.02 Å². The van der Waals surface area contributed by atoms with Crippen LogP contribution in [0.1, 0.15) is 35.0 Å². The summed E-state index contributed by atoms with van der Waals surface area (Å²) >= 11 is 6.48. The summed E-state index contributed by atoms with van der Waals surface area (Å²) in [7, 11) is 2.93. The number of rotatable bonds is 3. The van der Waals surface area contributed by atoms with Crippen molar-refractivity contribution in [2.75, 3.05) is 20.8 Å². The van der Waals surface area contributed by atoms with Crippen LogP contribution in [0.4, 0.5) is 0 Å². The second-order valence-electron chi connectivity index (χ2n) is 9.37. The zero-order chi connectivity index (χ0) is 24.5. The fraction of sp³-hybridized carbons (Fsp3) is 0.333. The summed E-state index contributed by atoms with van der Waals surface area (Å²) in [6.07, 6.45) is 2.99. The molecule has 0 saturated carbocycles. The molecule has 8 heteroatoms. The largest absolute Gasteiger partial charge is 0.496 e. The van der Waals surface area contributed by atoms with Crippen LogP contribution in [-0.4, -0.2) is 47.8 Å². The number of carbonyl (C=O) groups is 2. The first kappa shape index (κ1) is 22.0. The molecule has 1 spiro atoms. The number of H-pyrrole nitrogens is 1. The Bertz CT molecular complexity index is 1440. The summed E-state index contributed by atoms with van der Waals surface area (Å²) < 4.78 is 16.9. The van der Waals surface area contributed by atoms with Gasteiger partial charge in [-0.15, -0.1) is 0 Å².